The van der Waals surface area contributed by atoms with E-state index in [4.69, 9.17) is 14.3 Å². The average Bonchev–Trinajstić information content (AvgIpc) is 3.31. The summed E-state index contributed by atoms with van der Waals surface area (Å²) in [6, 6.07) is 28.3. The molecule has 1 saturated carbocycles. The Morgan fingerprint density at radius 1 is 0.973 bits per heavy atom. The van der Waals surface area contributed by atoms with Gasteiger partial charge < -0.3 is 9.47 Å². The number of hydroxylamine groups is 1. The Balaban J connectivity index is 1.48. The Labute approximate surface area is 219 Å². The minimum absolute atomic E-state index is 0.169. The molecule has 3 aromatic rings. The molecule has 1 aliphatic heterocycles. The number of benzene rings is 3. The number of rotatable bonds is 6. The summed E-state index contributed by atoms with van der Waals surface area (Å²) >= 11 is 0. The first kappa shape index (κ1) is 25.1. The number of carbonyl (C=O) groups is 1. The summed E-state index contributed by atoms with van der Waals surface area (Å²) in [6.45, 7) is 6.22. The fraction of sp³-hybridized carbons (Fsp3) is 0.344. The average molecular weight is 498 g/mol. The van der Waals surface area contributed by atoms with E-state index in [1.54, 1.807) is 0 Å². The second-order valence-corrected chi connectivity index (χ2v) is 10.9. The maximum absolute atomic E-state index is 13.4. The summed E-state index contributed by atoms with van der Waals surface area (Å²) in [5.41, 5.74) is 5.95. The van der Waals surface area contributed by atoms with Gasteiger partial charge >= 0.3 is 5.97 Å². The van der Waals surface area contributed by atoms with Crippen LogP contribution in [-0.4, -0.2) is 17.2 Å². The lowest BCUT2D eigenvalue weighted by Gasteiger charge is -2.43. The van der Waals surface area contributed by atoms with Crippen LogP contribution in [0.4, 0.5) is 0 Å². The van der Waals surface area contributed by atoms with Gasteiger partial charge in [0.2, 0.25) is 0 Å². The molecule has 37 heavy (non-hydrogen) atoms. The van der Waals surface area contributed by atoms with E-state index in [2.05, 4.69) is 35.8 Å². The molecule has 1 fully saturated rings. The Morgan fingerprint density at radius 3 is 2.38 bits per heavy atom. The Hall–Kier alpha value is -3.57. The second kappa shape index (κ2) is 10.4. The van der Waals surface area contributed by atoms with E-state index in [9.17, 15) is 4.79 Å². The van der Waals surface area contributed by atoms with Gasteiger partial charge in [0.1, 0.15) is 23.6 Å². The third-order valence-electron chi connectivity index (χ3n) is 7.03. The third-order valence-corrected chi connectivity index (χ3v) is 7.03. The largest absolute Gasteiger partial charge is 0.488 e. The van der Waals surface area contributed by atoms with Crippen LogP contribution in [0.5, 0.6) is 5.75 Å². The van der Waals surface area contributed by atoms with Gasteiger partial charge in [-0.1, -0.05) is 72.8 Å². The van der Waals surface area contributed by atoms with Crippen molar-refractivity contribution in [2.24, 2.45) is 5.92 Å². The summed E-state index contributed by atoms with van der Waals surface area (Å²) in [7, 11) is 0. The molecule has 192 valence electrons. The van der Waals surface area contributed by atoms with E-state index < -0.39 is 11.2 Å². The van der Waals surface area contributed by atoms with Crippen LogP contribution >= 0.6 is 0 Å². The van der Waals surface area contributed by atoms with Gasteiger partial charge in [-0.05, 0) is 69.4 Å². The third kappa shape index (κ3) is 5.57. The first-order valence-electron chi connectivity index (χ1n) is 13.1. The van der Waals surface area contributed by atoms with Crippen molar-refractivity contribution in [1.29, 1.82) is 0 Å². The lowest BCUT2D eigenvalue weighted by molar-refractivity contribution is -0.168. The highest BCUT2D eigenvalue weighted by molar-refractivity contribution is 5.76. The molecule has 3 aromatic carbocycles. The molecule has 0 amide bonds. The number of para-hydroxylation sites is 1. The molecule has 5 heteroatoms. The van der Waals surface area contributed by atoms with Crippen LogP contribution in [-0.2, 0) is 21.0 Å². The number of ether oxygens (including phenoxy) is 2. The second-order valence-electron chi connectivity index (χ2n) is 10.9. The summed E-state index contributed by atoms with van der Waals surface area (Å²) in [4.78, 5) is 19.9. The zero-order valence-electron chi connectivity index (χ0n) is 21.8. The quantitative estimate of drug-likeness (QED) is 0.379. The van der Waals surface area contributed by atoms with E-state index >= 15 is 0 Å². The summed E-state index contributed by atoms with van der Waals surface area (Å²) < 4.78 is 12.1. The highest BCUT2D eigenvalue weighted by atomic mass is 16.7. The van der Waals surface area contributed by atoms with Crippen LogP contribution in [0.15, 0.2) is 91.0 Å². The molecular formula is C32H35NO4. The number of nitrogens with one attached hydrogen (secondary N) is 1. The van der Waals surface area contributed by atoms with Gasteiger partial charge in [0.25, 0.3) is 0 Å². The molecule has 3 atom stereocenters. The van der Waals surface area contributed by atoms with Crippen LogP contribution in [0.1, 0.15) is 62.6 Å². The Kier molecular flexibility index (Phi) is 7.07. The molecular weight excluding hydrogens is 462 g/mol. The molecule has 1 heterocycles. The first-order chi connectivity index (χ1) is 17.8. The van der Waals surface area contributed by atoms with Crippen LogP contribution in [0.2, 0.25) is 0 Å². The smallest absolute Gasteiger partial charge is 0.310 e. The monoisotopic (exact) mass is 497 g/mol. The lowest BCUT2D eigenvalue weighted by atomic mass is 9.65. The molecule has 2 aliphatic rings. The maximum atomic E-state index is 13.4. The van der Waals surface area contributed by atoms with Crippen LogP contribution in [0.25, 0.3) is 5.70 Å². The standard InChI is InChI=1S/C32H35NO4/c1-31(2,3)36-30(34)26-18-12-20-32(29(26)24-15-8-5-9-16-24)21-27(33-37-32)25-17-10-11-19-28(25)35-22-23-13-6-4-7-14-23/h4-11,13-17,19,21,26,29,33H,12,18,20,22H2,1-3H3/t26?,29-,32+/m1/s1. The van der Waals surface area contributed by atoms with Crippen molar-refractivity contribution in [1.82, 2.24) is 5.48 Å². The topological polar surface area (TPSA) is 56.8 Å². The van der Waals surface area contributed by atoms with Gasteiger partial charge in [-0.3, -0.25) is 15.1 Å². The summed E-state index contributed by atoms with van der Waals surface area (Å²) in [6.07, 6.45) is 4.59. The number of hydrogen-bond donors (Lipinski definition) is 1. The van der Waals surface area contributed by atoms with Gasteiger partial charge in [0.15, 0.2) is 0 Å². The molecule has 1 spiro atoms. The molecule has 0 aromatic heterocycles. The molecule has 0 bridgehead atoms. The normalized spacial score (nSPS) is 23.3. The van der Waals surface area contributed by atoms with Crippen molar-refractivity contribution in [2.45, 2.75) is 63.8 Å². The van der Waals surface area contributed by atoms with Crippen molar-refractivity contribution in [3.63, 3.8) is 0 Å². The number of esters is 1. The molecule has 5 rings (SSSR count). The predicted molar refractivity (Wildman–Crippen MR) is 145 cm³/mol. The van der Waals surface area contributed by atoms with E-state index in [-0.39, 0.29) is 17.8 Å². The van der Waals surface area contributed by atoms with Crippen LogP contribution in [0.3, 0.4) is 0 Å². The molecule has 1 aliphatic carbocycles. The Morgan fingerprint density at radius 2 is 1.65 bits per heavy atom. The van der Waals surface area contributed by atoms with Gasteiger partial charge in [-0.25, -0.2) is 0 Å². The van der Waals surface area contributed by atoms with Crippen molar-refractivity contribution in [3.05, 3.63) is 108 Å². The van der Waals surface area contributed by atoms with Crippen LogP contribution in [0, 0.1) is 5.92 Å². The molecule has 5 nitrogen and oxygen atoms in total. The minimum Gasteiger partial charge on any atom is -0.488 e. The van der Waals surface area contributed by atoms with Crippen molar-refractivity contribution >= 4 is 11.7 Å². The van der Waals surface area contributed by atoms with E-state index in [0.717, 1.165) is 47.4 Å². The zero-order chi connectivity index (χ0) is 25.9. The zero-order valence-corrected chi connectivity index (χ0v) is 21.8. The van der Waals surface area contributed by atoms with Gasteiger partial charge in [0, 0.05) is 11.5 Å². The SMILES string of the molecule is CC(C)(C)OC(=O)C1CCC[C@]2(C=C(c3ccccc3OCc3ccccc3)NO2)[C@@H]1c1ccccc1. The van der Waals surface area contributed by atoms with Gasteiger partial charge in [-0.15, -0.1) is 0 Å². The minimum atomic E-state index is -0.678. The lowest BCUT2D eigenvalue weighted by Crippen LogP contribution is -2.47. The van der Waals surface area contributed by atoms with Gasteiger partial charge in [0.05, 0.1) is 11.6 Å². The summed E-state index contributed by atoms with van der Waals surface area (Å²) in [5, 5.41) is 0. The first-order valence-corrected chi connectivity index (χ1v) is 13.1. The molecule has 1 N–H and O–H groups in total. The summed E-state index contributed by atoms with van der Waals surface area (Å²) in [5.74, 6) is 0.121. The van der Waals surface area contributed by atoms with E-state index in [1.807, 2.05) is 81.4 Å². The van der Waals surface area contributed by atoms with Crippen molar-refractivity contribution in [3.8, 4) is 5.75 Å². The highest BCUT2D eigenvalue weighted by Gasteiger charge is 2.52. The fourth-order valence-corrected chi connectivity index (χ4v) is 5.48. The Bertz CT molecular complexity index is 1250. The van der Waals surface area contributed by atoms with E-state index in [0.29, 0.717) is 6.61 Å². The number of carbonyl (C=O) groups excluding carboxylic acids is 1. The predicted octanol–water partition coefficient (Wildman–Crippen LogP) is 6.81. The highest BCUT2D eigenvalue weighted by Crippen LogP contribution is 2.51. The molecule has 1 unspecified atom stereocenters. The molecule has 0 radical (unpaired) electrons. The van der Waals surface area contributed by atoms with Crippen molar-refractivity contribution < 1.29 is 19.1 Å². The van der Waals surface area contributed by atoms with Crippen molar-refractivity contribution in [2.75, 3.05) is 0 Å². The molecule has 0 saturated heterocycles. The fourth-order valence-electron chi connectivity index (χ4n) is 5.48. The van der Waals surface area contributed by atoms with Gasteiger partial charge in [-0.2, -0.15) is 0 Å². The van der Waals surface area contributed by atoms with Crippen LogP contribution < -0.4 is 10.2 Å². The van der Waals surface area contributed by atoms with E-state index in [1.165, 1.54) is 0 Å². The number of hydrogen-bond acceptors (Lipinski definition) is 5. The maximum Gasteiger partial charge on any atom is 0.310 e.